The average molecular weight is 325 g/mol. The number of rotatable bonds is 6. The molecule has 0 spiro atoms. The fraction of sp³-hybridized carbons (Fsp3) is 0.381. The number of hydrogen-bond acceptors (Lipinski definition) is 2. The zero-order valence-corrected chi connectivity index (χ0v) is 15.2. The molecule has 3 heteroatoms. The van der Waals surface area contributed by atoms with E-state index in [0.29, 0.717) is 0 Å². The monoisotopic (exact) mass is 325 g/mol. The lowest BCUT2D eigenvalue weighted by Gasteiger charge is -2.23. The molecule has 0 heterocycles. The van der Waals surface area contributed by atoms with Crippen LogP contribution in [-0.4, -0.2) is 12.0 Å². The van der Waals surface area contributed by atoms with Crippen molar-refractivity contribution >= 4 is 5.91 Å². The standard InChI is InChI=1S/C21H27NO2/c1-6-19(18-12-11-14(2)13-16(18)4)22-21(23)17(5)24-20-10-8-7-9-15(20)3/h7-13,17,19H,6H2,1-5H3,(H,22,23). The van der Waals surface area contributed by atoms with Gasteiger partial charge in [-0.3, -0.25) is 4.79 Å². The Balaban J connectivity index is 2.07. The molecule has 1 amide bonds. The van der Waals surface area contributed by atoms with Crippen LogP contribution in [0.4, 0.5) is 0 Å². The van der Waals surface area contributed by atoms with Crippen molar-refractivity contribution in [2.75, 3.05) is 0 Å². The number of hydrogen-bond donors (Lipinski definition) is 1. The minimum atomic E-state index is -0.536. The summed E-state index contributed by atoms with van der Waals surface area (Å²) in [6.45, 7) is 10.0. The largest absolute Gasteiger partial charge is 0.481 e. The molecule has 0 aliphatic carbocycles. The summed E-state index contributed by atoms with van der Waals surface area (Å²) in [7, 11) is 0. The molecule has 1 N–H and O–H groups in total. The van der Waals surface area contributed by atoms with Gasteiger partial charge in [-0.25, -0.2) is 0 Å². The van der Waals surface area contributed by atoms with Gasteiger partial charge in [0.05, 0.1) is 6.04 Å². The van der Waals surface area contributed by atoms with Crippen LogP contribution in [0.2, 0.25) is 0 Å². The van der Waals surface area contributed by atoms with Crippen LogP contribution in [0.5, 0.6) is 5.75 Å². The third-order valence-electron chi connectivity index (χ3n) is 4.29. The third-order valence-corrected chi connectivity index (χ3v) is 4.29. The van der Waals surface area contributed by atoms with Gasteiger partial charge in [0.25, 0.3) is 5.91 Å². The van der Waals surface area contributed by atoms with Crippen LogP contribution in [0, 0.1) is 20.8 Å². The molecule has 2 atom stereocenters. The topological polar surface area (TPSA) is 38.3 Å². The number of nitrogens with one attached hydrogen (secondary N) is 1. The predicted molar refractivity (Wildman–Crippen MR) is 98.4 cm³/mol. The van der Waals surface area contributed by atoms with E-state index in [9.17, 15) is 4.79 Å². The molecule has 2 rings (SSSR count). The first-order valence-corrected chi connectivity index (χ1v) is 8.52. The molecule has 2 unspecified atom stereocenters. The van der Waals surface area contributed by atoms with Gasteiger partial charge in [0.2, 0.25) is 0 Å². The van der Waals surface area contributed by atoms with Gasteiger partial charge in [-0.1, -0.05) is 48.9 Å². The van der Waals surface area contributed by atoms with E-state index in [4.69, 9.17) is 4.74 Å². The van der Waals surface area contributed by atoms with Crippen molar-refractivity contribution in [2.24, 2.45) is 0 Å². The summed E-state index contributed by atoms with van der Waals surface area (Å²) in [5, 5.41) is 3.12. The first-order valence-electron chi connectivity index (χ1n) is 8.52. The van der Waals surface area contributed by atoms with Crippen molar-refractivity contribution < 1.29 is 9.53 Å². The van der Waals surface area contributed by atoms with E-state index in [2.05, 4.69) is 44.3 Å². The normalized spacial score (nSPS) is 13.2. The lowest BCUT2D eigenvalue weighted by atomic mass is 9.97. The molecule has 24 heavy (non-hydrogen) atoms. The van der Waals surface area contributed by atoms with Crippen LogP contribution in [-0.2, 0) is 4.79 Å². The van der Waals surface area contributed by atoms with Gasteiger partial charge in [0.1, 0.15) is 5.75 Å². The Morgan fingerprint density at radius 2 is 1.79 bits per heavy atom. The van der Waals surface area contributed by atoms with E-state index < -0.39 is 6.10 Å². The van der Waals surface area contributed by atoms with Crippen LogP contribution in [0.25, 0.3) is 0 Å². The number of ether oxygens (including phenoxy) is 1. The van der Waals surface area contributed by atoms with E-state index in [-0.39, 0.29) is 11.9 Å². The second kappa shape index (κ2) is 8.00. The van der Waals surface area contributed by atoms with Crippen LogP contribution >= 0.6 is 0 Å². The fourth-order valence-corrected chi connectivity index (χ4v) is 2.84. The van der Waals surface area contributed by atoms with Crippen LogP contribution in [0.15, 0.2) is 42.5 Å². The van der Waals surface area contributed by atoms with Crippen molar-refractivity contribution in [1.29, 1.82) is 0 Å². The van der Waals surface area contributed by atoms with E-state index in [0.717, 1.165) is 17.7 Å². The van der Waals surface area contributed by atoms with Crippen molar-refractivity contribution in [2.45, 2.75) is 53.2 Å². The summed E-state index contributed by atoms with van der Waals surface area (Å²) in [6.07, 6.45) is 0.304. The fourth-order valence-electron chi connectivity index (χ4n) is 2.84. The highest BCUT2D eigenvalue weighted by Crippen LogP contribution is 2.23. The van der Waals surface area contributed by atoms with Gasteiger partial charge in [0, 0.05) is 0 Å². The summed E-state index contributed by atoms with van der Waals surface area (Å²) < 4.78 is 5.83. The highest BCUT2D eigenvalue weighted by atomic mass is 16.5. The molecule has 0 fully saturated rings. The van der Waals surface area contributed by atoms with E-state index in [1.807, 2.05) is 31.2 Å². The molecule has 0 aliphatic rings. The van der Waals surface area contributed by atoms with Gasteiger partial charge in [0.15, 0.2) is 6.10 Å². The van der Waals surface area contributed by atoms with Crippen LogP contribution in [0.3, 0.4) is 0 Å². The molecule has 0 bridgehead atoms. The second-order valence-corrected chi connectivity index (χ2v) is 6.36. The van der Waals surface area contributed by atoms with Crippen molar-refractivity contribution in [3.05, 3.63) is 64.7 Å². The minimum absolute atomic E-state index is 0.000945. The van der Waals surface area contributed by atoms with Crippen LogP contribution < -0.4 is 10.1 Å². The summed E-state index contributed by atoms with van der Waals surface area (Å²) in [6, 6.07) is 14.1. The Morgan fingerprint density at radius 3 is 2.42 bits per heavy atom. The zero-order valence-electron chi connectivity index (χ0n) is 15.2. The first kappa shape index (κ1) is 18.1. The summed E-state index contributed by atoms with van der Waals surface area (Å²) in [4.78, 5) is 12.5. The number of para-hydroxylation sites is 1. The molecule has 0 radical (unpaired) electrons. The Labute approximate surface area is 145 Å². The van der Waals surface area contributed by atoms with Gasteiger partial charge in [-0.15, -0.1) is 0 Å². The Kier molecular flexibility index (Phi) is 6.02. The SMILES string of the molecule is CCC(NC(=O)C(C)Oc1ccccc1C)c1ccc(C)cc1C. The number of carbonyl (C=O) groups is 1. The maximum absolute atomic E-state index is 12.5. The molecule has 0 aromatic heterocycles. The zero-order chi connectivity index (χ0) is 17.7. The van der Waals surface area contributed by atoms with E-state index in [1.54, 1.807) is 6.92 Å². The quantitative estimate of drug-likeness (QED) is 0.840. The molecule has 2 aromatic rings. The van der Waals surface area contributed by atoms with Gasteiger partial charge in [-0.2, -0.15) is 0 Å². The molecular formula is C21H27NO2. The molecule has 0 aliphatic heterocycles. The molecule has 128 valence electrons. The number of carbonyl (C=O) groups excluding carboxylic acids is 1. The lowest BCUT2D eigenvalue weighted by Crippen LogP contribution is -2.38. The highest BCUT2D eigenvalue weighted by molar-refractivity contribution is 5.81. The maximum Gasteiger partial charge on any atom is 0.261 e. The van der Waals surface area contributed by atoms with Crippen LogP contribution in [0.1, 0.15) is 48.6 Å². The Bertz CT molecular complexity index is 709. The Morgan fingerprint density at radius 1 is 1.08 bits per heavy atom. The van der Waals surface area contributed by atoms with Crippen molar-refractivity contribution in [1.82, 2.24) is 5.32 Å². The minimum Gasteiger partial charge on any atom is -0.481 e. The van der Waals surface area contributed by atoms with Crippen molar-refractivity contribution in [3.63, 3.8) is 0 Å². The van der Waals surface area contributed by atoms with E-state index >= 15 is 0 Å². The molecule has 0 saturated carbocycles. The summed E-state index contributed by atoms with van der Waals surface area (Å²) in [5.74, 6) is 0.657. The summed E-state index contributed by atoms with van der Waals surface area (Å²) in [5.41, 5.74) is 4.63. The molecular weight excluding hydrogens is 298 g/mol. The average Bonchev–Trinajstić information content (AvgIpc) is 2.55. The molecule has 0 saturated heterocycles. The molecule has 2 aromatic carbocycles. The van der Waals surface area contributed by atoms with Gasteiger partial charge in [-0.05, 0) is 56.9 Å². The molecule has 3 nitrogen and oxygen atoms in total. The number of benzene rings is 2. The van der Waals surface area contributed by atoms with Gasteiger partial charge < -0.3 is 10.1 Å². The summed E-state index contributed by atoms with van der Waals surface area (Å²) >= 11 is 0. The lowest BCUT2D eigenvalue weighted by molar-refractivity contribution is -0.128. The van der Waals surface area contributed by atoms with E-state index in [1.165, 1.54) is 16.7 Å². The van der Waals surface area contributed by atoms with Crippen molar-refractivity contribution in [3.8, 4) is 5.75 Å². The Hall–Kier alpha value is -2.29. The first-order chi connectivity index (χ1) is 11.4. The predicted octanol–water partition coefficient (Wildman–Crippen LogP) is 4.65. The highest BCUT2D eigenvalue weighted by Gasteiger charge is 2.20. The van der Waals surface area contributed by atoms with Gasteiger partial charge >= 0.3 is 0 Å². The second-order valence-electron chi connectivity index (χ2n) is 6.36. The smallest absolute Gasteiger partial charge is 0.261 e. The third kappa shape index (κ3) is 4.38. The number of aryl methyl sites for hydroxylation is 3. The number of amides is 1. The maximum atomic E-state index is 12.5.